The van der Waals surface area contributed by atoms with Crippen LogP contribution in [0.4, 0.5) is 10.1 Å². The van der Waals surface area contributed by atoms with Crippen molar-refractivity contribution in [3.05, 3.63) is 145 Å². The minimum absolute atomic E-state index is 0.0465. The van der Waals surface area contributed by atoms with Gasteiger partial charge in [-0.3, -0.25) is 4.72 Å². The second kappa shape index (κ2) is 15.7. The molecule has 7 nitrogen and oxygen atoms in total. The van der Waals surface area contributed by atoms with Gasteiger partial charge < -0.3 is 19.4 Å². The molecule has 0 unspecified atom stereocenters. The molecule has 5 rings (SSSR count). The van der Waals surface area contributed by atoms with Crippen LogP contribution in [0.2, 0.25) is 0 Å². The number of benzene rings is 5. The smallest absolute Gasteiger partial charge is 0.261 e. The van der Waals surface area contributed by atoms with Crippen LogP contribution in [0.15, 0.2) is 138 Å². The lowest BCUT2D eigenvalue weighted by Crippen LogP contribution is -2.21. The Morgan fingerprint density at radius 1 is 0.674 bits per heavy atom. The summed E-state index contributed by atoms with van der Waals surface area (Å²) < 4.78 is 67.6. The van der Waals surface area contributed by atoms with E-state index in [9.17, 15) is 17.4 Å². The fraction of sp³-hybridized carbons (Fsp3) is 0.167. The molecule has 0 aliphatic carbocycles. The van der Waals surface area contributed by atoms with E-state index in [1.807, 2.05) is 84.9 Å². The highest BCUT2D eigenvalue weighted by Gasteiger charge is 2.28. The summed E-state index contributed by atoms with van der Waals surface area (Å²) >= 11 is 0. The van der Waals surface area contributed by atoms with Crippen molar-refractivity contribution < 1.29 is 26.8 Å². The highest BCUT2D eigenvalue weighted by atomic mass is 32.2. The van der Waals surface area contributed by atoms with Crippen molar-refractivity contribution in [3.8, 4) is 11.5 Å². The zero-order valence-corrected chi connectivity index (χ0v) is 26.9. The van der Waals surface area contributed by atoms with E-state index in [0.29, 0.717) is 31.1 Å². The van der Waals surface area contributed by atoms with E-state index in [0.717, 1.165) is 29.1 Å². The zero-order valence-electron chi connectivity index (χ0n) is 25.2. The van der Waals surface area contributed by atoms with Crippen molar-refractivity contribution in [1.29, 1.82) is 0 Å². The van der Waals surface area contributed by atoms with Gasteiger partial charge in [0, 0.05) is 16.7 Å². The second-order valence-corrected chi connectivity index (χ2v) is 15.0. The highest BCUT2D eigenvalue weighted by molar-refractivity contribution is 7.92. The molecule has 0 radical (unpaired) electrons. The minimum Gasteiger partial charge on any atom is -0.493 e. The van der Waals surface area contributed by atoms with E-state index in [-0.39, 0.29) is 16.9 Å². The number of rotatable bonds is 16. The van der Waals surface area contributed by atoms with Crippen molar-refractivity contribution in [2.24, 2.45) is 0 Å². The zero-order chi connectivity index (χ0) is 32.2. The lowest BCUT2D eigenvalue weighted by molar-refractivity contribution is 0.308. The van der Waals surface area contributed by atoms with Crippen molar-refractivity contribution in [1.82, 2.24) is 5.32 Å². The molecule has 0 spiro atoms. The number of sulfonamides is 1. The maximum absolute atomic E-state index is 14.3. The number of hydrogen-bond acceptors (Lipinski definition) is 6. The standard InChI is InChI=1S/C36H36FN2O5PS/c37-35-22-21-31(27-36(35)39-46(41,42)34-15-8-3-9-16-34)43-26-10-24-38-25-23-29-17-19-30(20-18-29)44-28-45(40,32-11-4-1-5-12-32)33-13-6-2-7-14-33/h1-9,11-22,27,38-39H,10,23-26,28H2. The Morgan fingerprint density at radius 3 is 1.89 bits per heavy atom. The van der Waals surface area contributed by atoms with Crippen molar-refractivity contribution in [3.63, 3.8) is 0 Å². The van der Waals surface area contributed by atoms with Gasteiger partial charge in [0.05, 0.1) is 17.2 Å². The van der Waals surface area contributed by atoms with E-state index in [2.05, 4.69) is 10.0 Å². The Bertz CT molecular complexity index is 1800. The third-order valence-electron chi connectivity index (χ3n) is 7.28. The van der Waals surface area contributed by atoms with Crippen LogP contribution >= 0.6 is 7.14 Å². The lowest BCUT2D eigenvalue weighted by atomic mass is 10.1. The first-order valence-corrected chi connectivity index (χ1v) is 18.3. The number of ether oxygens (including phenoxy) is 2. The fourth-order valence-electron chi connectivity index (χ4n) is 4.77. The van der Waals surface area contributed by atoms with Gasteiger partial charge in [-0.2, -0.15) is 0 Å². The number of anilines is 1. The van der Waals surface area contributed by atoms with Gasteiger partial charge in [-0.05, 0) is 67.9 Å². The summed E-state index contributed by atoms with van der Waals surface area (Å²) in [5.41, 5.74) is 0.972. The molecule has 0 aromatic heterocycles. The molecule has 0 heterocycles. The van der Waals surface area contributed by atoms with Crippen molar-refractivity contribution in [2.75, 3.05) is 30.8 Å². The normalized spacial score (nSPS) is 11.6. The molecule has 0 bridgehead atoms. The Labute approximate surface area is 269 Å². The molecule has 0 saturated heterocycles. The maximum Gasteiger partial charge on any atom is 0.261 e. The Morgan fingerprint density at radius 2 is 1.26 bits per heavy atom. The predicted molar refractivity (Wildman–Crippen MR) is 182 cm³/mol. The van der Waals surface area contributed by atoms with E-state index in [1.54, 1.807) is 18.2 Å². The Hall–Kier alpha value is -4.43. The predicted octanol–water partition coefficient (Wildman–Crippen LogP) is 6.58. The summed E-state index contributed by atoms with van der Waals surface area (Å²) in [7, 11) is -6.88. The largest absolute Gasteiger partial charge is 0.493 e. The van der Waals surface area contributed by atoms with Crippen molar-refractivity contribution in [2.45, 2.75) is 17.7 Å². The number of halogens is 1. The van der Waals surface area contributed by atoms with Gasteiger partial charge in [-0.1, -0.05) is 91.0 Å². The van der Waals surface area contributed by atoms with Gasteiger partial charge in [0.15, 0.2) is 7.14 Å². The monoisotopic (exact) mass is 658 g/mol. The van der Waals surface area contributed by atoms with Crippen LogP contribution in [0, 0.1) is 5.82 Å². The van der Waals surface area contributed by atoms with Crippen LogP contribution in [-0.2, 0) is 21.0 Å². The lowest BCUT2D eigenvalue weighted by Gasteiger charge is -2.20. The van der Waals surface area contributed by atoms with Gasteiger partial charge in [0.1, 0.15) is 23.7 Å². The first kappa shape index (κ1) is 32.9. The molecule has 0 saturated carbocycles. The molecule has 10 heteroatoms. The van der Waals surface area contributed by atoms with Gasteiger partial charge in [-0.15, -0.1) is 0 Å². The molecular formula is C36H36FN2O5PS. The van der Waals surface area contributed by atoms with Gasteiger partial charge >= 0.3 is 0 Å². The highest BCUT2D eigenvalue weighted by Crippen LogP contribution is 2.43. The third kappa shape index (κ3) is 8.85. The van der Waals surface area contributed by atoms with Crippen LogP contribution in [0.1, 0.15) is 12.0 Å². The molecule has 0 aliphatic heterocycles. The topological polar surface area (TPSA) is 93.7 Å². The van der Waals surface area contributed by atoms with Crippen LogP contribution < -0.4 is 30.1 Å². The summed E-state index contributed by atoms with van der Waals surface area (Å²) in [6.45, 7) is 1.86. The van der Waals surface area contributed by atoms with Crippen LogP contribution in [0.25, 0.3) is 0 Å². The summed E-state index contributed by atoms with van der Waals surface area (Å²) in [4.78, 5) is 0.0465. The van der Waals surface area contributed by atoms with E-state index in [4.69, 9.17) is 9.47 Å². The first-order valence-electron chi connectivity index (χ1n) is 15.0. The van der Waals surface area contributed by atoms with E-state index in [1.165, 1.54) is 30.3 Å². The van der Waals surface area contributed by atoms with Crippen LogP contribution in [-0.4, -0.2) is 34.5 Å². The molecule has 0 fully saturated rings. The van der Waals surface area contributed by atoms with E-state index >= 15 is 0 Å². The van der Waals surface area contributed by atoms with Gasteiger partial charge in [0.2, 0.25) is 0 Å². The molecule has 46 heavy (non-hydrogen) atoms. The molecule has 5 aromatic carbocycles. The van der Waals surface area contributed by atoms with Crippen molar-refractivity contribution >= 4 is 33.5 Å². The summed E-state index contributed by atoms with van der Waals surface area (Å²) in [5.74, 6) is 0.351. The number of hydrogen-bond donors (Lipinski definition) is 2. The molecule has 2 N–H and O–H groups in total. The molecule has 0 atom stereocenters. The minimum atomic E-state index is -3.92. The maximum atomic E-state index is 14.3. The van der Waals surface area contributed by atoms with Gasteiger partial charge in [-0.25, -0.2) is 12.8 Å². The summed E-state index contributed by atoms with van der Waals surface area (Å²) in [5, 5.41) is 4.92. The summed E-state index contributed by atoms with van der Waals surface area (Å²) in [6.07, 6.45) is 1.60. The second-order valence-electron chi connectivity index (χ2n) is 10.6. The van der Waals surface area contributed by atoms with E-state index < -0.39 is 23.0 Å². The molecule has 5 aromatic rings. The number of nitrogens with one attached hydrogen (secondary N) is 2. The molecule has 0 amide bonds. The SMILES string of the molecule is O=P(COc1ccc(CCNCCCOc2ccc(F)c(NS(=O)(=O)c3ccccc3)c2)cc1)(c1ccccc1)c1ccccc1. The molecule has 0 aliphatic rings. The fourth-order valence-corrected chi connectivity index (χ4v) is 8.09. The average molecular weight is 659 g/mol. The quantitative estimate of drug-likeness (QED) is 0.0920. The average Bonchev–Trinajstić information content (AvgIpc) is 3.09. The molecular weight excluding hydrogens is 622 g/mol. The molecule has 238 valence electrons. The Balaban J connectivity index is 1.03. The Kier molecular flexibility index (Phi) is 11.3. The third-order valence-corrected chi connectivity index (χ3v) is 11.4. The first-order chi connectivity index (χ1) is 22.3. The van der Waals surface area contributed by atoms with Gasteiger partial charge in [0.25, 0.3) is 10.0 Å². The van der Waals surface area contributed by atoms with Crippen LogP contribution in [0.3, 0.4) is 0 Å². The summed E-state index contributed by atoms with van der Waals surface area (Å²) in [6, 6.07) is 38.6. The van der Waals surface area contributed by atoms with Crippen LogP contribution in [0.5, 0.6) is 11.5 Å².